The number of carbonyl (C=O) groups is 1. The SMILES string of the molecule is CCCC(=O)Nc1cnc(-c2cnc(OC)nc2)cn1. The molecule has 1 amide bonds. The fourth-order valence-corrected chi connectivity index (χ4v) is 1.53. The Balaban J connectivity index is 2.08. The average molecular weight is 273 g/mol. The van der Waals surface area contributed by atoms with Gasteiger partial charge in [0.25, 0.3) is 0 Å². The summed E-state index contributed by atoms with van der Waals surface area (Å²) in [6.45, 7) is 1.94. The second-order valence-corrected chi connectivity index (χ2v) is 4.04. The Morgan fingerprint density at radius 3 is 2.45 bits per heavy atom. The number of hydrogen-bond donors (Lipinski definition) is 1. The third-order valence-electron chi connectivity index (χ3n) is 2.50. The smallest absolute Gasteiger partial charge is 0.316 e. The van der Waals surface area contributed by atoms with E-state index in [0.717, 1.165) is 12.0 Å². The van der Waals surface area contributed by atoms with Crippen LogP contribution in [0.3, 0.4) is 0 Å². The number of hydrogen-bond acceptors (Lipinski definition) is 6. The zero-order valence-corrected chi connectivity index (χ0v) is 11.3. The number of aromatic nitrogens is 4. The van der Waals surface area contributed by atoms with Crippen LogP contribution in [0.1, 0.15) is 19.8 Å². The van der Waals surface area contributed by atoms with Crippen LogP contribution in [0.15, 0.2) is 24.8 Å². The fourth-order valence-electron chi connectivity index (χ4n) is 1.53. The molecular formula is C13H15N5O2. The summed E-state index contributed by atoms with van der Waals surface area (Å²) in [7, 11) is 1.50. The van der Waals surface area contributed by atoms with Gasteiger partial charge in [-0.05, 0) is 6.42 Å². The number of amides is 1. The van der Waals surface area contributed by atoms with Gasteiger partial charge in [-0.25, -0.2) is 15.0 Å². The van der Waals surface area contributed by atoms with Crippen molar-refractivity contribution in [3.63, 3.8) is 0 Å². The first-order chi connectivity index (χ1) is 9.72. The number of carbonyl (C=O) groups excluding carboxylic acids is 1. The molecule has 0 fully saturated rings. The molecule has 0 aromatic carbocycles. The molecule has 0 aliphatic carbocycles. The molecule has 2 rings (SSSR count). The quantitative estimate of drug-likeness (QED) is 0.891. The van der Waals surface area contributed by atoms with E-state index < -0.39 is 0 Å². The van der Waals surface area contributed by atoms with Crippen molar-refractivity contribution >= 4 is 11.7 Å². The number of nitrogens with one attached hydrogen (secondary N) is 1. The van der Waals surface area contributed by atoms with Gasteiger partial charge in [0.1, 0.15) is 0 Å². The van der Waals surface area contributed by atoms with Crippen LogP contribution in [0.4, 0.5) is 5.82 Å². The molecule has 7 nitrogen and oxygen atoms in total. The first kappa shape index (κ1) is 13.9. The number of anilines is 1. The Bertz CT molecular complexity index is 568. The molecule has 0 spiro atoms. The summed E-state index contributed by atoms with van der Waals surface area (Å²) in [6.07, 6.45) is 7.53. The van der Waals surface area contributed by atoms with E-state index in [4.69, 9.17) is 4.74 Å². The van der Waals surface area contributed by atoms with Gasteiger partial charge >= 0.3 is 6.01 Å². The highest BCUT2D eigenvalue weighted by atomic mass is 16.5. The Morgan fingerprint density at radius 2 is 1.90 bits per heavy atom. The van der Waals surface area contributed by atoms with E-state index in [-0.39, 0.29) is 5.91 Å². The molecule has 0 bridgehead atoms. The highest BCUT2D eigenvalue weighted by molar-refractivity contribution is 5.89. The van der Waals surface area contributed by atoms with E-state index in [2.05, 4.69) is 25.3 Å². The molecule has 20 heavy (non-hydrogen) atoms. The molecule has 7 heteroatoms. The third kappa shape index (κ3) is 3.47. The van der Waals surface area contributed by atoms with E-state index >= 15 is 0 Å². The summed E-state index contributed by atoms with van der Waals surface area (Å²) in [6, 6.07) is 0.296. The lowest BCUT2D eigenvalue weighted by Gasteiger charge is -2.04. The summed E-state index contributed by atoms with van der Waals surface area (Å²) in [5, 5.41) is 2.68. The predicted molar refractivity (Wildman–Crippen MR) is 73.1 cm³/mol. The van der Waals surface area contributed by atoms with Crippen LogP contribution < -0.4 is 10.1 Å². The van der Waals surface area contributed by atoms with Gasteiger partial charge in [-0.1, -0.05) is 6.92 Å². The number of nitrogens with zero attached hydrogens (tertiary/aromatic N) is 4. The molecule has 0 unspecified atom stereocenters. The summed E-state index contributed by atoms with van der Waals surface area (Å²) in [4.78, 5) is 27.8. The largest absolute Gasteiger partial charge is 0.467 e. The summed E-state index contributed by atoms with van der Waals surface area (Å²) >= 11 is 0. The van der Waals surface area contributed by atoms with Crippen LogP contribution in [0.2, 0.25) is 0 Å². The lowest BCUT2D eigenvalue weighted by molar-refractivity contribution is -0.116. The first-order valence-electron chi connectivity index (χ1n) is 6.21. The Hall–Kier alpha value is -2.57. The van der Waals surface area contributed by atoms with Crippen LogP contribution in [0.25, 0.3) is 11.3 Å². The van der Waals surface area contributed by atoms with Crippen molar-refractivity contribution in [1.82, 2.24) is 19.9 Å². The molecule has 0 aliphatic heterocycles. The summed E-state index contributed by atoms with van der Waals surface area (Å²) in [5.74, 6) is 0.365. The topological polar surface area (TPSA) is 89.9 Å². The van der Waals surface area contributed by atoms with Crippen LogP contribution in [0, 0.1) is 0 Å². The van der Waals surface area contributed by atoms with Gasteiger partial charge in [-0.2, -0.15) is 0 Å². The number of methoxy groups -OCH3 is 1. The summed E-state index contributed by atoms with van der Waals surface area (Å²) < 4.78 is 4.89. The normalized spacial score (nSPS) is 10.1. The second kappa shape index (κ2) is 6.55. The van der Waals surface area contributed by atoms with Crippen LogP contribution in [-0.2, 0) is 4.79 Å². The molecule has 0 saturated heterocycles. The highest BCUT2D eigenvalue weighted by Crippen LogP contribution is 2.16. The molecule has 0 aliphatic rings. The predicted octanol–water partition coefficient (Wildman–Crippen LogP) is 1.68. The van der Waals surface area contributed by atoms with Crippen LogP contribution in [0.5, 0.6) is 6.01 Å². The average Bonchev–Trinajstić information content (AvgIpc) is 2.48. The van der Waals surface area contributed by atoms with Gasteiger partial charge in [0.05, 0.1) is 25.2 Å². The van der Waals surface area contributed by atoms with Gasteiger partial charge < -0.3 is 10.1 Å². The van der Waals surface area contributed by atoms with Crippen molar-refractivity contribution in [1.29, 1.82) is 0 Å². The van der Waals surface area contributed by atoms with Crippen LogP contribution in [-0.4, -0.2) is 33.0 Å². The monoisotopic (exact) mass is 273 g/mol. The Kier molecular flexibility index (Phi) is 4.54. The molecule has 2 aromatic heterocycles. The third-order valence-corrected chi connectivity index (χ3v) is 2.50. The van der Waals surface area contributed by atoms with Gasteiger partial charge in [0, 0.05) is 24.4 Å². The maximum atomic E-state index is 11.4. The van der Waals surface area contributed by atoms with Gasteiger partial charge in [0.15, 0.2) is 5.82 Å². The van der Waals surface area contributed by atoms with E-state index in [1.54, 1.807) is 18.6 Å². The molecule has 0 saturated carbocycles. The minimum absolute atomic E-state index is 0.0673. The second-order valence-electron chi connectivity index (χ2n) is 4.04. The zero-order chi connectivity index (χ0) is 14.4. The van der Waals surface area contributed by atoms with E-state index in [0.29, 0.717) is 23.9 Å². The zero-order valence-electron chi connectivity index (χ0n) is 11.3. The lowest BCUT2D eigenvalue weighted by atomic mass is 10.2. The molecule has 0 radical (unpaired) electrons. The molecule has 104 valence electrons. The van der Waals surface area contributed by atoms with E-state index in [1.165, 1.54) is 13.3 Å². The van der Waals surface area contributed by atoms with Crippen LogP contribution >= 0.6 is 0 Å². The van der Waals surface area contributed by atoms with Gasteiger partial charge in [0.2, 0.25) is 5.91 Å². The highest BCUT2D eigenvalue weighted by Gasteiger charge is 2.05. The molecule has 2 heterocycles. The van der Waals surface area contributed by atoms with Crippen molar-refractivity contribution in [2.75, 3.05) is 12.4 Å². The minimum atomic E-state index is -0.0673. The Labute approximate surface area is 116 Å². The number of ether oxygens (including phenoxy) is 1. The fraction of sp³-hybridized carbons (Fsp3) is 0.308. The van der Waals surface area contributed by atoms with E-state index in [1.807, 2.05) is 6.92 Å². The van der Waals surface area contributed by atoms with Crippen molar-refractivity contribution < 1.29 is 9.53 Å². The van der Waals surface area contributed by atoms with Gasteiger partial charge in [-0.15, -0.1) is 0 Å². The van der Waals surface area contributed by atoms with Gasteiger partial charge in [-0.3, -0.25) is 9.78 Å². The molecule has 0 atom stereocenters. The first-order valence-corrected chi connectivity index (χ1v) is 6.21. The molecule has 2 aromatic rings. The maximum Gasteiger partial charge on any atom is 0.316 e. The lowest BCUT2D eigenvalue weighted by Crippen LogP contribution is -2.12. The van der Waals surface area contributed by atoms with Crippen molar-refractivity contribution in [3.8, 4) is 17.3 Å². The van der Waals surface area contributed by atoms with E-state index in [9.17, 15) is 4.79 Å². The maximum absolute atomic E-state index is 11.4. The Morgan fingerprint density at radius 1 is 1.15 bits per heavy atom. The molecular weight excluding hydrogens is 258 g/mol. The van der Waals surface area contributed by atoms with Crippen molar-refractivity contribution in [2.24, 2.45) is 0 Å². The summed E-state index contributed by atoms with van der Waals surface area (Å²) in [5.41, 5.74) is 1.35. The standard InChI is InChI=1S/C13H15N5O2/c1-3-4-12(19)18-11-8-14-10(7-15-11)9-5-16-13(20-2)17-6-9/h5-8H,3-4H2,1-2H3,(H,15,18,19). The van der Waals surface area contributed by atoms with Crippen molar-refractivity contribution in [3.05, 3.63) is 24.8 Å². The number of rotatable bonds is 5. The molecule has 1 N–H and O–H groups in total. The van der Waals surface area contributed by atoms with Crippen molar-refractivity contribution in [2.45, 2.75) is 19.8 Å². The minimum Gasteiger partial charge on any atom is -0.467 e.